The number of halogens is 2. The molecular weight excluding hydrogens is 285 g/mol. The first-order valence-electron chi connectivity index (χ1n) is 5.58. The van der Waals surface area contributed by atoms with E-state index in [-0.39, 0.29) is 5.91 Å². The molecule has 2 rings (SSSR count). The van der Waals surface area contributed by atoms with Gasteiger partial charge in [-0.05, 0) is 35.9 Å². The largest absolute Gasteiger partial charge is 0.467 e. The molecule has 1 aromatic carbocycles. The van der Waals surface area contributed by atoms with Crippen LogP contribution in [0.2, 0.25) is 10.0 Å². The monoisotopic (exact) mass is 295 g/mol. The van der Waals surface area contributed by atoms with Gasteiger partial charge in [-0.3, -0.25) is 4.79 Å². The molecule has 0 fully saturated rings. The third kappa shape index (κ3) is 4.16. The zero-order valence-corrected chi connectivity index (χ0v) is 11.4. The molecule has 1 amide bonds. The van der Waals surface area contributed by atoms with Crippen LogP contribution in [-0.4, -0.2) is 5.91 Å². The molecule has 98 valence electrons. The molecule has 0 aliphatic heterocycles. The Morgan fingerprint density at radius 1 is 1.26 bits per heavy atom. The van der Waals surface area contributed by atoms with Gasteiger partial charge < -0.3 is 9.73 Å². The lowest BCUT2D eigenvalue weighted by molar-refractivity contribution is -0.116. The normalized spacial score (nSPS) is 10.8. The number of carbonyl (C=O) groups excluding carboxylic acids is 1. The van der Waals surface area contributed by atoms with E-state index < -0.39 is 0 Å². The van der Waals surface area contributed by atoms with Crippen LogP contribution < -0.4 is 5.32 Å². The highest BCUT2D eigenvalue weighted by atomic mass is 35.5. The minimum atomic E-state index is -0.206. The minimum absolute atomic E-state index is 0.206. The van der Waals surface area contributed by atoms with Crippen LogP contribution in [0, 0.1) is 0 Å². The highest BCUT2D eigenvalue weighted by Crippen LogP contribution is 2.23. The molecule has 0 saturated heterocycles. The first-order valence-corrected chi connectivity index (χ1v) is 6.34. The Hall–Kier alpha value is -1.71. The number of rotatable bonds is 4. The van der Waals surface area contributed by atoms with Gasteiger partial charge in [0.1, 0.15) is 5.76 Å². The zero-order chi connectivity index (χ0) is 13.7. The van der Waals surface area contributed by atoms with E-state index in [1.807, 2.05) is 0 Å². The maximum absolute atomic E-state index is 11.6. The summed E-state index contributed by atoms with van der Waals surface area (Å²) in [4.78, 5) is 11.6. The summed E-state index contributed by atoms with van der Waals surface area (Å²) in [6.07, 6.45) is 4.66. The Balaban J connectivity index is 1.90. The van der Waals surface area contributed by atoms with Crippen molar-refractivity contribution in [3.8, 4) is 0 Å². The van der Waals surface area contributed by atoms with Crippen molar-refractivity contribution in [2.45, 2.75) is 6.54 Å². The second-order valence-corrected chi connectivity index (χ2v) is 4.62. The van der Waals surface area contributed by atoms with Crippen LogP contribution >= 0.6 is 23.2 Å². The van der Waals surface area contributed by atoms with E-state index in [0.717, 1.165) is 5.56 Å². The van der Waals surface area contributed by atoms with Crippen molar-refractivity contribution in [1.29, 1.82) is 0 Å². The fourth-order valence-corrected chi connectivity index (χ4v) is 1.74. The number of furan rings is 1. The van der Waals surface area contributed by atoms with Crippen LogP contribution in [0.4, 0.5) is 0 Å². The fraction of sp³-hybridized carbons (Fsp3) is 0.0714. The summed E-state index contributed by atoms with van der Waals surface area (Å²) in [6.45, 7) is 0.359. The summed E-state index contributed by atoms with van der Waals surface area (Å²) in [5.74, 6) is 0.499. The third-order valence-corrected chi connectivity index (χ3v) is 3.13. The van der Waals surface area contributed by atoms with E-state index in [1.165, 1.54) is 6.08 Å². The van der Waals surface area contributed by atoms with Gasteiger partial charge in [-0.2, -0.15) is 0 Å². The quantitative estimate of drug-likeness (QED) is 0.869. The van der Waals surface area contributed by atoms with Crippen molar-refractivity contribution in [2.24, 2.45) is 0 Å². The molecule has 0 bridgehead atoms. The molecule has 0 atom stereocenters. The lowest BCUT2D eigenvalue weighted by Gasteiger charge is -1.99. The highest BCUT2D eigenvalue weighted by Gasteiger charge is 2.00. The molecule has 5 heteroatoms. The van der Waals surface area contributed by atoms with Gasteiger partial charge in [0.05, 0.1) is 22.9 Å². The van der Waals surface area contributed by atoms with Crippen molar-refractivity contribution in [2.75, 3.05) is 0 Å². The van der Waals surface area contributed by atoms with Crippen LogP contribution in [0.3, 0.4) is 0 Å². The summed E-state index contributed by atoms with van der Waals surface area (Å²) in [5.41, 5.74) is 0.808. The van der Waals surface area contributed by atoms with Crippen molar-refractivity contribution in [3.63, 3.8) is 0 Å². The molecule has 1 heterocycles. The Labute approximate surface area is 120 Å². The van der Waals surface area contributed by atoms with E-state index in [9.17, 15) is 4.79 Å². The fourth-order valence-electron chi connectivity index (χ4n) is 1.43. The molecule has 3 nitrogen and oxygen atoms in total. The molecule has 1 N–H and O–H groups in total. The number of carbonyl (C=O) groups is 1. The Morgan fingerprint density at radius 2 is 2.11 bits per heavy atom. The molecular formula is C14H11Cl2NO2. The topological polar surface area (TPSA) is 42.2 Å². The Morgan fingerprint density at radius 3 is 2.79 bits per heavy atom. The predicted molar refractivity (Wildman–Crippen MR) is 76.1 cm³/mol. The second-order valence-electron chi connectivity index (χ2n) is 3.80. The van der Waals surface area contributed by atoms with E-state index in [2.05, 4.69) is 5.32 Å². The molecule has 0 saturated carbocycles. The number of amides is 1. The number of hydrogen-bond donors (Lipinski definition) is 1. The van der Waals surface area contributed by atoms with Gasteiger partial charge in [0, 0.05) is 6.08 Å². The lowest BCUT2D eigenvalue weighted by atomic mass is 10.2. The van der Waals surface area contributed by atoms with Gasteiger partial charge in [0.2, 0.25) is 5.91 Å². The molecule has 0 spiro atoms. The molecule has 0 aliphatic carbocycles. The molecule has 1 aromatic heterocycles. The van der Waals surface area contributed by atoms with Gasteiger partial charge in [-0.1, -0.05) is 29.3 Å². The maximum Gasteiger partial charge on any atom is 0.244 e. The van der Waals surface area contributed by atoms with E-state index in [4.69, 9.17) is 27.6 Å². The number of benzene rings is 1. The number of nitrogens with one attached hydrogen (secondary N) is 1. The molecule has 0 radical (unpaired) electrons. The van der Waals surface area contributed by atoms with Crippen molar-refractivity contribution in [3.05, 3.63) is 64.0 Å². The third-order valence-electron chi connectivity index (χ3n) is 2.39. The van der Waals surface area contributed by atoms with E-state index >= 15 is 0 Å². The smallest absolute Gasteiger partial charge is 0.244 e. The van der Waals surface area contributed by atoms with Crippen LogP contribution in [0.15, 0.2) is 47.1 Å². The summed E-state index contributed by atoms with van der Waals surface area (Å²) < 4.78 is 5.10. The average molecular weight is 296 g/mol. The highest BCUT2D eigenvalue weighted by molar-refractivity contribution is 6.42. The van der Waals surface area contributed by atoms with Crippen LogP contribution in [0.1, 0.15) is 11.3 Å². The van der Waals surface area contributed by atoms with Crippen molar-refractivity contribution >= 4 is 35.2 Å². The molecule has 19 heavy (non-hydrogen) atoms. The summed E-state index contributed by atoms with van der Waals surface area (Å²) >= 11 is 11.7. The Kier molecular flexibility index (Phi) is 4.66. The van der Waals surface area contributed by atoms with Gasteiger partial charge in [-0.15, -0.1) is 0 Å². The van der Waals surface area contributed by atoms with Crippen LogP contribution in [-0.2, 0) is 11.3 Å². The maximum atomic E-state index is 11.6. The standard InChI is InChI=1S/C14H11Cl2NO2/c15-12-5-3-10(8-13(12)16)4-6-14(18)17-9-11-2-1-7-19-11/h1-8H,9H2,(H,17,18)/b6-4+. The molecule has 2 aromatic rings. The van der Waals surface area contributed by atoms with Gasteiger partial charge in [0.15, 0.2) is 0 Å². The SMILES string of the molecule is O=C(/C=C/c1ccc(Cl)c(Cl)c1)NCc1ccco1. The lowest BCUT2D eigenvalue weighted by Crippen LogP contribution is -2.19. The van der Waals surface area contributed by atoms with Crippen LogP contribution in [0.5, 0.6) is 0 Å². The summed E-state index contributed by atoms with van der Waals surface area (Å²) in [7, 11) is 0. The minimum Gasteiger partial charge on any atom is -0.467 e. The first-order chi connectivity index (χ1) is 9.15. The molecule has 0 unspecified atom stereocenters. The predicted octanol–water partition coefficient (Wildman–Crippen LogP) is 3.92. The summed E-state index contributed by atoms with van der Waals surface area (Å²) in [5, 5.41) is 3.65. The first kappa shape index (κ1) is 13.7. The van der Waals surface area contributed by atoms with Gasteiger partial charge >= 0.3 is 0 Å². The number of hydrogen-bond acceptors (Lipinski definition) is 2. The van der Waals surface area contributed by atoms with E-state index in [1.54, 1.807) is 42.7 Å². The second kappa shape index (κ2) is 6.45. The Bertz CT molecular complexity index is 591. The summed E-state index contributed by atoms with van der Waals surface area (Å²) in [6, 6.07) is 8.73. The van der Waals surface area contributed by atoms with Crippen molar-refractivity contribution in [1.82, 2.24) is 5.32 Å². The molecule has 0 aliphatic rings. The van der Waals surface area contributed by atoms with E-state index in [0.29, 0.717) is 22.4 Å². The van der Waals surface area contributed by atoms with Crippen LogP contribution in [0.25, 0.3) is 6.08 Å². The van der Waals surface area contributed by atoms with Gasteiger partial charge in [0.25, 0.3) is 0 Å². The zero-order valence-electron chi connectivity index (χ0n) is 9.90. The van der Waals surface area contributed by atoms with Crippen molar-refractivity contribution < 1.29 is 9.21 Å². The average Bonchev–Trinajstić information content (AvgIpc) is 2.91. The van der Waals surface area contributed by atoms with Gasteiger partial charge in [-0.25, -0.2) is 0 Å².